The van der Waals surface area contributed by atoms with Gasteiger partial charge in [-0.15, -0.1) is 24.0 Å². The van der Waals surface area contributed by atoms with Crippen molar-refractivity contribution in [2.75, 3.05) is 20.1 Å². The number of nitrogens with zero attached hydrogens (tertiary/aromatic N) is 3. The number of aromatic amines is 1. The Bertz CT molecular complexity index is 720. The molecule has 2 heterocycles. The lowest BCUT2D eigenvalue weighted by Crippen LogP contribution is -2.42. The Morgan fingerprint density at radius 1 is 1.28 bits per heavy atom. The number of hydrogen-bond donors (Lipinski definition) is 2. The number of hydrogen-bond acceptors (Lipinski definition) is 2. The van der Waals surface area contributed by atoms with Crippen molar-refractivity contribution in [2.24, 2.45) is 10.4 Å². The molecule has 2 aromatic rings. The highest BCUT2D eigenvalue weighted by molar-refractivity contribution is 14.0. The Kier molecular flexibility index (Phi) is 5.66. The molecule has 1 aliphatic heterocycles. The van der Waals surface area contributed by atoms with E-state index in [1.807, 2.05) is 31.4 Å². The summed E-state index contributed by atoms with van der Waals surface area (Å²) in [5.74, 6) is 1.93. The van der Waals surface area contributed by atoms with Gasteiger partial charge in [-0.3, -0.25) is 4.99 Å². The van der Waals surface area contributed by atoms with Crippen molar-refractivity contribution >= 4 is 29.9 Å². The van der Waals surface area contributed by atoms with Gasteiger partial charge in [0.15, 0.2) is 5.96 Å². The van der Waals surface area contributed by atoms with Gasteiger partial charge in [-0.25, -0.2) is 4.98 Å². The van der Waals surface area contributed by atoms with Gasteiger partial charge >= 0.3 is 0 Å². The predicted molar refractivity (Wildman–Crippen MR) is 112 cm³/mol. The second kappa shape index (κ2) is 7.76. The minimum absolute atomic E-state index is 0. The summed E-state index contributed by atoms with van der Waals surface area (Å²) in [6.45, 7) is 2.94. The molecule has 0 unspecified atom stereocenters. The average Bonchev–Trinajstić information content (AvgIpc) is 3.23. The lowest BCUT2D eigenvalue weighted by atomic mass is 9.68. The van der Waals surface area contributed by atoms with Gasteiger partial charge in [-0.2, -0.15) is 0 Å². The molecule has 1 saturated heterocycles. The minimum Gasteiger partial charge on any atom is -0.349 e. The van der Waals surface area contributed by atoms with Crippen LogP contribution in [0.5, 0.6) is 0 Å². The molecule has 1 spiro atoms. The maximum atomic E-state index is 4.49. The molecule has 1 aliphatic carbocycles. The van der Waals surface area contributed by atoms with Gasteiger partial charge in [0, 0.05) is 20.1 Å². The van der Waals surface area contributed by atoms with Crippen molar-refractivity contribution in [3.8, 4) is 11.3 Å². The number of aliphatic imine (C=N–C) groups is 1. The molecule has 0 bridgehead atoms. The summed E-state index contributed by atoms with van der Waals surface area (Å²) < 4.78 is 0. The molecule has 2 aliphatic rings. The number of H-pyrrole nitrogens is 1. The molecule has 2 N–H and O–H groups in total. The van der Waals surface area contributed by atoms with Crippen molar-refractivity contribution in [3.05, 3.63) is 42.4 Å². The quantitative estimate of drug-likeness (QED) is 0.426. The van der Waals surface area contributed by atoms with E-state index in [9.17, 15) is 0 Å². The van der Waals surface area contributed by atoms with E-state index in [1.165, 1.54) is 25.7 Å². The van der Waals surface area contributed by atoms with E-state index in [1.54, 1.807) is 0 Å². The van der Waals surface area contributed by atoms with Gasteiger partial charge < -0.3 is 15.2 Å². The van der Waals surface area contributed by atoms with Crippen LogP contribution in [0, 0.1) is 5.41 Å². The van der Waals surface area contributed by atoms with Crippen LogP contribution >= 0.6 is 24.0 Å². The molecule has 1 saturated carbocycles. The van der Waals surface area contributed by atoms with Gasteiger partial charge in [0.05, 0.1) is 18.4 Å². The SMILES string of the molecule is CN=C(NCc1ncc(-c2ccccc2)[nH]1)N1CCC2(CCC2)C1.I. The summed E-state index contributed by atoms with van der Waals surface area (Å²) >= 11 is 0. The molecule has 2 fully saturated rings. The van der Waals surface area contributed by atoms with Crippen molar-refractivity contribution in [3.63, 3.8) is 0 Å². The van der Waals surface area contributed by atoms with E-state index < -0.39 is 0 Å². The molecule has 0 amide bonds. The molecule has 1 aromatic carbocycles. The van der Waals surface area contributed by atoms with Crippen LogP contribution in [-0.2, 0) is 6.54 Å². The number of aromatic nitrogens is 2. The number of benzene rings is 1. The highest BCUT2D eigenvalue weighted by Gasteiger charge is 2.43. The zero-order chi connectivity index (χ0) is 16.4. The van der Waals surface area contributed by atoms with E-state index in [2.05, 4.69) is 37.3 Å². The fourth-order valence-electron chi connectivity index (χ4n) is 3.91. The molecule has 1 aromatic heterocycles. The van der Waals surface area contributed by atoms with Crippen LogP contribution in [0.2, 0.25) is 0 Å². The summed E-state index contributed by atoms with van der Waals surface area (Å²) in [7, 11) is 1.87. The van der Waals surface area contributed by atoms with E-state index in [4.69, 9.17) is 0 Å². The van der Waals surface area contributed by atoms with Crippen LogP contribution in [-0.4, -0.2) is 41.0 Å². The topological polar surface area (TPSA) is 56.3 Å². The average molecular weight is 451 g/mol. The second-order valence-corrected chi connectivity index (χ2v) is 7.04. The molecule has 25 heavy (non-hydrogen) atoms. The Morgan fingerprint density at radius 2 is 2.08 bits per heavy atom. The molecule has 4 rings (SSSR count). The number of imidazole rings is 1. The van der Waals surface area contributed by atoms with Crippen molar-refractivity contribution in [1.82, 2.24) is 20.2 Å². The van der Waals surface area contributed by atoms with Crippen LogP contribution < -0.4 is 5.32 Å². The predicted octanol–water partition coefficient (Wildman–Crippen LogP) is 3.65. The maximum absolute atomic E-state index is 4.49. The van der Waals surface area contributed by atoms with Crippen LogP contribution in [0.25, 0.3) is 11.3 Å². The maximum Gasteiger partial charge on any atom is 0.194 e. The molecule has 134 valence electrons. The zero-order valence-electron chi connectivity index (χ0n) is 14.7. The summed E-state index contributed by atoms with van der Waals surface area (Å²) in [6, 6.07) is 10.3. The summed E-state index contributed by atoms with van der Waals surface area (Å²) in [4.78, 5) is 14.7. The van der Waals surface area contributed by atoms with Gasteiger partial charge in [0.25, 0.3) is 0 Å². The molecule has 0 radical (unpaired) electrons. The molecular formula is C19H26IN5. The number of guanidine groups is 1. The lowest BCUT2D eigenvalue weighted by molar-refractivity contribution is 0.151. The van der Waals surface area contributed by atoms with Crippen LogP contribution in [0.15, 0.2) is 41.5 Å². The number of rotatable bonds is 3. The largest absolute Gasteiger partial charge is 0.349 e. The van der Waals surface area contributed by atoms with Gasteiger partial charge in [-0.05, 0) is 30.2 Å². The van der Waals surface area contributed by atoms with Gasteiger partial charge in [-0.1, -0.05) is 36.8 Å². The molecule has 0 atom stereocenters. The van der Waals surface area contributed by atoms with E-state index >= 15 is 0 Å². The van der Waals surface area contributed by atoms with Crippen molar-refractivity contribution < 1.29 is 0 Å². The van der Waals surface area contributed by atoms with E-state index in [0.717, 1.165) is 36.1 Å². The van der Waals surface area contributed by atoms with Crippen LogP contribution in [0.4, 0.5) is 0 Å². The smallest absolute Gasteiger partial charge is 0.194 e. The summed E-state index contributed by atoms with van der Waals surface area (Å²) in [5, 5.41) is 3.46. The highest BCUT2D eigenvalue weighted by atomic mass is 127. The number of nitrogens with one attached hydrogen (secondary N) is 2. The fraction of sp³-hybridized carbons (Fsp3) is 0.474. The fourth-order valence-corrected chi connectivity index (χ4v) is 3.91. The third-order valence-corrected chi connectivity index (χ3v) is 5.49. The Morgan fingerprint density at radius 3 is 2.72 bits per heavy atom. The van der Waals surface area contributed by atoms with Crippen LogP contribution in [0.3, 0.4) is 0 Å². The molecule has 5 nitrogen and oxygen atoms in total. The standard InChI is InChI=1S/C19H25N5.HI/c1-20-18(24-11-10-19(14-24)8-5-9-19)22-13-17-21-12-16(23-17)15-6-3-2-4-7-15;/h2-4,6-7,12H,5,8-11,13-14H2,1H3,(H,20,22)(H,21,23);1H. The first-order valence-corrected chi connectivity index (χ1v) is 8.83. The van der Waals surface area contributed by atoms with Crippen LogP contribution in [0.1, 0.15) is 31.5 Å². The van der Waals surface area contributed by atoms with E-state index in [0.29, 0.717) is 12.0 Å². The third-order valence-electron chi connectivity index (χ3n) is 5.49. The van der Waals surface area contributed by atoms with Gasteiger partial charge in [0.2, 0.25) is 0 Å². The second-order valence-electron chi connectivity index (χ2n) is 7.04. The Labute approximate surface area is 166 Å². The lowest BCUT2D eigenvalue weighted by Gasteiger charge is -2.38. The minimum atomic E-state index is 0. The monoisotopic (exact) mass is 451 g/mol. The van der Waals surface area contributed by atoms with Crippen molar-refractivity contribution in [2.45, 2.75) is 32.2 Å². The Balaban J connectivity index is 0.00000182. The number of halogens is 1. The number of likely N-dealkylation sites (tertiary alicyclic amines) is 1. The molecular weight excluding hydrogens is 425 g/mol. The third kappa shape index (κ3) is 3.83. The first-order chi connectivity index (χ1) is 11.8. The van der Waals surface area contributed by atoms with E-state index in [-0.39, 0.29) is 24.0 Å². The van der Waals surface area contributed by atoms with Crippen molar-refractivity contribution in [1.29, 1.82) is 0 Å². The van der Waals surface area contributed by atoms with Gasteiger partial charge in [0.1, 0.15) is 5.82 Å². The highest BCUT2D eigenvalue weighted by Crippen LogP contribution is 2.47. The molecule has 6 heteroatoms. The normalized spacial score (nSPS) is 18.8. The Hall–Kier alpha value is -1.57. The first kappa shape index (κ1) is 18.2. The zero-order valence-corrected chi connectivity index (χ0v) is 17.0. The summed E-state index contributed by atoms with van der Waals surface area (Å²) in [5.41, 5.74) is 2.80. The first-order valence-electron chi connectivity index (χ1n) is 8.83. The summed E-state index contributed by atoms with van der Waals surface area (Å²) in [6.07, 6.45) is 7.38.